The van der Waals surface area contributed by atoms with Gasteiger partial charge < -0.3 is 10.5 Å². The van der Waals surface area contributed by atoms with E-state index in [9.17, 15) is 4.79 Å². The normalized spacial score (nSPS) is 10.6. The Labute approximate surface area is 129 Å². The van der Waals surface area contributed by atoms with Crippen LogP contribution < -0.4 is 10.5 Å². The minimum absolute atomic E-state index is 0.0240. The average Bonchev–Trinajstić information content (AvgIpc) is 2.59. The molecule has 22 heavy (non-hydrogen) atoms. The van der Waals surface area contributed by atoms with E-state index in [-0.39, 0.29) is 12.3 Å². The van der Waals surface area contributed by atoms with Crippen molar-refractivity contribution in [3.05, 3.63) is 77.9 Å². The van der Waals surface area contributed by atoms with Gasteiger partial charge in [-0.05, 0) is 40.6 Å². The Morgan fingerprint density at radius 3 is 2.41 bits per heavy atom. The van der Waals surface area contributed by atoms with Crippen molar-refractivity contribution < 1.29 is 9.53 Å². The third-order valence-electron chi connectivity index (χ3n) is 3.64. The minimum Gasteiger partial charge on any atom is -0.489 e. The quantitative estimate of drug-likeness (QED) is 0.731. The van der Waals surface area contributed by atoms with Crippen molar-refractivity contribution in [2.45, 2.75) is 6.61 Å². The van der Waals surface area contributed by atoms with Crippen molar-refractivity contribution in [2.24, 2.45) is 5.73 Å². The molecule has 0 aromatic heterocycles. The Morgan fingerprint density at radius 2 is 1.64 bits per heavy atom. The predicted molar refractivity (Wildman–Crippen MR) is 88.1 cm³/mol. The summed E-state index contributed by atoms with van der Waals surface area (Å²) < 4.78 is 5.83. The summed E-state index contributed by atoms with van der Waals surface area (Å²) in [5.74, 6) is 0.669. The van der Waals surface area contributed by atoms with Gasteiger partial charge in [-0.15, -0.1) is 0 Å². The Morgan fingerprint density at radius 1 is 0.909 bits per heavy atom. The lowest BCUT2D eigenvalue weighted by atomic mass is 10.1. The summed E-state index contributed by atoms with van der Waals surface area (Å²) in [4.78, 5) is 11.5. The van der Waals surface area contributed by atoms with Crippen molar-refractivity contribution in [3.63, 3.8) is 0 Å². The van der Waals surface area contributed by atoms with Crippen molar-refractivity contribution in [3.8, 4) is 5.75 Å². The van der Waals surface area contributed by atoms with Crippen molar-refractivity contribution in [1.82, 2.24) is 0 Å². The van der Waals surface area contributed by atoms with Crippen LogP contribution in [0.15, 0.2) is 66.7 Å². The lowest BCUT2D eigenvalue weighted by Gasteiger charge is -2.09. The highest BCUT2D eigenvalue weighted by Crippen LogP contribution is 2.21. The Hall–Kier alpha value is -2.65. The highest BCUT2D eigenvalue weighted by molar-refractivity contribution is 5.97. The molecule has 0 amide bonds. The van der Waals surface area contributed by atoms with Crippen LogP contribution in [0, 0.1) is 0 Å². The zero-order chi connectivity index (χ0) is 15.4. The maximum atomic E-state index is 11.5. The largest absolute Gasteiger partial charge is 0.489 e. The van der Waals surface area contributed by atoms with Crippen LogP contribution in [0.4, 0.5) is 0 Å². The Balaban J connectivity index is 1.75. The van der Waals surface area contributed by atoms with Gasteiger partial charge in [-0.25, -0.2) is 0 Å². The molecule has 3 nitrogen and oxygen atoms in total. The molecule has 0 bridgehead atoms. The van der Waals surface area contributed by atoms with Crippen LogP contribution in [0.5, 0.6) is 5.75 Å². The molecule has 3 aromatic rings. The molecule has 3 rings (SSSR count). The van der Waals surface area contributed by atoms with Crippen LogP contribution in [0.2, 0.25) is 0 Å². The highest BCUT2D eigenvalue weighted by Gasteiger charge is 2.04. The van der Waals surface area contributed by atoms with E-state index in [0.717, 1.165) is 11.3 Å². The summed E-state index contributed by atoms with van der Waals surface area (Å²) in [6, 6.07) is 21.5. The number of hydrogen-bond acceptors (Lipinski definition) is 3. The summed E-state index contributed by atoms with van der Waals surface area (Å²) in [5, 5.41) is 2.40. The fourth-order valence-corrected chi connectivity index (χ4v) is 2.43. The molecule has 0 aliphatic heterocycles. The van der Waals surface area contributed by atoms with Gasteiger partial charge in [0.05, 0.1) is 6.54 Å². The van der Waals surface area contributed by atoms with Crippen LogP contribution in [0.25, 0.3) is 10.8 Å². The van der Waals surface area contributed by atoms with E-state index in [1.54, 1.807) is 24.3 Å². The van der Waals surface area contributed by atoms with Crippen LogP contribution in [-0.4, -0.2) is 12.3 Å². The van der Waals surface area contributed by atoms with Gasteiger partial charge in [0.1, 0.15) is 12.4 Å². The van der Waals surface area contributed by atoms with Crippen LogP contribution in [0.3, 0.4) is 0 Å². The summed E-state index contributed by atoms with van der Waals surface area (Å²) in [5.41, 5.74) is 7.10. The fourth-order valence-electron chi connectivity index (χ4n) is 2.43. The molecule has 110 valence electrons. The van der Waals surface area contributed by atoms with E-state index in [2.05, 4.69) is 24.3 Å². The number of hydrogen-bond donors (Lipinski definition) is 1. The molecular weight excluding hydrogens is 274 g/mol. The maximum Gasteiger partial charge on any atom is 0.176 e. The second-order valence-corrected chi connectivity index (χ2v) is 5.08. The van der Waals surface area contributed by atoms with E-state index in [1.165, 1.54) is 10.8 Å². The van der Waals surface area contributed by atoms with E-state index in [0.29, 0.717) is 12.2 Å². The number of Topliss-reactive ketones (excluding diaryl/α,β-unsaturated/α-hetero) is 1. The molecule has 0 atom stereocenters. The molecule has 0 aliphatic rings. The molecule has 0 spiro atoms. The zero-order valence-electron chi connectivity index (χ0n) is 12.2. The maximum absolute atomic E-state index is 11.5. The SMILES string of the molecule is NCC(=O)c1ccc(OCc2cccc3ccccc23)cc1. The van der Waals surface area contributed by atoms with Gasteiger partial charge in [-0.1, -0.05) is 42.5 Å². The molecule has 0 radical (unpaired) electrons. The first kappa shape index (κ1) is 14.3. The number of nitrogens with two attached hydrogens (primary N) is 1. The number of ketones is 1. The van der Waals surface area contributed by atoms with E-state index in [4.69, 9.17) is 10.5 Å². The standard InChI is InChI=1S/C19H17NO2/c20-12-19(21)15-8-10-17(11-9-15)22-13-16-6-3-5-14-4-1-2-7-18(14)16/h1-11H,12-13,20H2. The number of carbonyl (C=O) groups is 1. The molecule has 0 saturated carbocycles. The van der Waals surface area contributed by atoms with Crippen molar-refractivity contribution in [2.75, 3.05) is 6.54 Å². The van der Waals surface area contributed by atoms with E-state index >= 15 is 0 Å². The Bertz CT molecular complexity index is 789. The summed E-state index contributed by atoms with van der Waals surface area (Å²) in [6.07, 6.45) is 0. The molecule has 0 heterocycles. The summed E-state index contributed by atoms with van der Waals surface area (Å²) in [6.45, 7) is 0.516. The van der Waals surface area contributed by atoms with Gasteiger partial charge in [0, 0.05) is 5.56 Å². The number of benzene rings is 3. The summed E-state index contributed by atoms with van der Waals surface area (Å²) >= 11 is 0. The number of fused-ring (bicyclic) bond motifs is 1. The van der Waals surface area contributed by atoms with Crippen molar-refractivity contribution in [1.29, 1.82) is 0 Å². The van der Waals surface area contributed by atoms with Crippen LogP contribution in [0.1, 0.15) is 15.9 Å². The molecule has 2 N–H and O–H groups in total. The van der Waals surface area contributed by atoms with Crippen molar-refractivity contribution >= 4 is 16.6 Å². The van der Waals surface area contributed by atoms with E-state index < -0.39 is 0 Å². The van der Waals surface area contributed by atoms with Gasteiger partial charge >= 0.3 is 0 Å². The first-order valence-electron chi connectivity index (χ1n) is 7.21. The first-order chi connectivity index (χ1) is 10.8. The zero-order valence-corrected chi connectivity index (χ0v) is 12.2. The topological polar surface area (TPSA) is 52.3 Å². The second-order valence-electron chi connectivity index (χ2n) is 5.08. The molecule has 0 saturated heterocycles. The molecular formula is C19H17NO2. The molecule has 3 aromatic carbocycles. The van der Waals surface area contributed by atoms with Gasteiger partial charge in [0.15, 0.2) is 5.78 Å². The van der Waals surface area contributed by atoms with E-state index in [1.807, 2.05) is 18.2 Å². The highest BCUT2D eigenvalue weighted by atomic mass is 16.5. The van der Waals surface area contributed by atoms with Crippen LogP contribution >= 0.6 is 0 Å². The van der Waals surface area contributed by atoms with Gasteiger partial charge in [0.25, 0.3) is 0 Å². The summed E-state index contributed by atoms with van der Waals surface area (Å²) in [7, 11) is 0. The lowest BCUT2D eigenvalue weighted by Crippen LogP contribution is -2.13. The molecule has 0 unspecified atom stereocenters. The lowest BCUT2D eigenvalue weighted by molar-refractivity contribution is 0.100. The predicted octanol–water partition coefficient (Wildman–Crippen LogP) is 3.56. The third-order valence-corrected chi connectivity index (χ3v) is 3.64. The second kappa shape index (κ2) is 6.41. The monoisotopic (exact) mass is 291 g/mol. The molecule has 0 fully saturated rings. The van der Waals surface area contributed by atoms with Gasteiger partial charge in [-0.2, -0.15) is 0 Å². The van der Waals surface area contributed by atoms with Gasteiger partial charge in [-0.3, -0.25) is 4.79 Å². The number of ether oxygens (including phenoxy) is 1. The Kier molecular flexibility index (Phi) is 4.17. The molecule has 0 aliphatic carbocycles. The smallest absolute Gasteiger partial charge is 0.176 e. The number of carbonyl (C=O) groups excluding carboxylic acids is 1. The number of rotatable bonds is 5. The fraction of sp³-hybridized carbons (Fsp3) is 0.105. The molecule has 3 heteroatoms. The average molecular weight is 291 g/mol. The third kappa shape index (κ3) is 3.00. The first-order valence-corrected chi connectivity index (χ1v) is 7.21. The van der Waals surface area contributed by atoms with Gasteiger partial charge in [0.2, 0.25) is 0 Å². The minimum atomic E-state index is -0.0689. The van der Waals surface area contributed by atoms with Crippen LogP contribution in [-0.2, 0) is 6.61 Å².